The lowest BCUT2D eigenvalue weighted by atomic mass is 10.2. The van der Waals surface area contributed by atoms with Gasteiger partial charge in [-0.1, -0.05) is 24.9 Å². The lowest BCUT2D eigenvalue weighted by Crippen LogP contribution is -2.38. The van der Waals surface area contributed by atoms with Crippen LogP contribution < -0.4 is 11.1 Å². The lowest BCUT2D eigenvalue weighted by molar-refractivity contribution is -0.119. The molecule has 1 unspecified atom stereocenters. The largest absolute Gasteiger partial charge is 0.368 e. The molecule has 0 aromatic carbocycles. The molecule has 0 bridgehead atoms. The summed E-state index contributed by atoms with van der Waals surface area (Å²) in [6, 6.07) is -0.381. The van der Waals surface area contributed by atoms with Gasteiger partial charge in [-0.05, 0) is 13.3 Å². The average molecular weight is 259 g/mol. The van der Waals surface area contributed by atoms with E-state index in [-0.39, 0.29) is 11.9 Å². The zero-order valence-electron chi connectivity index (χ0n) is 10.2. The Hall–Kier alpha value is -1.07. The van der Waals surface area contributed by atoms with Gasteiger partial charge < -0.3 is 16.0 Å². The molecule has 0 aliphatic rings. The Bertz CT molecular complexity index is 378. The fourth-order valence-electron chi connectivity index (χ4n) is 1.38. The number of rotatable bonds is 7. The van der Waals surface area contributed by atoms with Crippen LogP contribution in [-0.4, -0.2) is 21.9 Å². The molecular formula is C11H19ClN4O. The molecule has 1 aromatic heterocycles. The van der Waals surface area contributed by atoms with Crippen molar-refractivity contribution in [2.24, 2.45) is 5.73 Å². The minimum Gasteiger partial charge on any atom is -0.368 e. The average Bonchev–Trinajstić information content (AvgIpc) is 2.64. The van der Waals surface area contributed by atoms with Crippen LogP contribution in [0.5, 0.6) is 0 Å². The standard InChI is InChI=1S/C11H19ClN4O/c1-3-4-5-9-15-8(10(12)16-9)6-14-7(2)11(13)17/h7,14H,3-6H2,1-2H3,(H2,13,17)(H,15,16). The first kappa shape index (κ1) is 14.0. The van der Waals surface area contributed by atoms with Crippen molar-refractivity contribution in [2.75, 3.05) is 0 Å². The van der Waals surface area contributed by atoms with E-state index in [4.69, 9.17) is 17.3 Å². The van der Waals surface area contributed by atoms with E-state index in [0.717, 1.165) is 30.8 Å². The smallest absolute Gasteiger partial charge is 0.234 e. The van der Waals surface area contributed by atoms with Crippen LogP contribution in [0.2, 0.25) is 5.15 Å². The normalized spacial score (nSPS) is 12.6. The molecule has 1 atom stereocenters. The first-order valence-corrected chi connectivity index (χ1v) is 6.18. The molecule has 0 fully saturated rings. The number of aromatic nitrogens is 2. The quantitative estimate of drug-likeness (QED) is 0.691. The van der Waals surface area contributed by atoms with Gasteiger partial charge in [0.15, 0.2) is 5.15 Å². The number of carbonyl (C=O) groups excluding carboxylic acids is 1. The number of carbonyl (C=O) groups is 1. The van der Waals surface area contributed by atoms with Crippen LogP contribution in [0.4, 0.5) is 0 Å². The molecule has 6 heteroatoms. The highest BCUT2D eigenvalue weighted by Crippen LogP contribution is 2.14. The molecule has 96 valence electrons. The van der Waals surface area contributed by atoms with Crippen LogP contribution in [0, 0.1) is 0 Å². The van der Waals surface area contributed by atoms with E-state index in [0.29, 0.717) is 11.7 Å². The van der Waals surface area contributed by atoms with Gasteiger partial charge in [-0.3, -0.25) is 4.79 Å². The van der Waals surface area contributed by atoms with Gasteiger partial charge in [-0.2, -0.15) is 0 Å². The number of hydrogen-bond donors (Lipinski definition) is 3. The molecule has 0 radical (unpaired) electrons. The van der Waals surface area contributed by atoms with E-state index in [2.05, 4.69) is 22.2 Å². The van der Waals surface area contributed by atoms with Crippen molar-refractivity contribution < 1.29 is 4.79 Å². The van der Waals surface area contributed by atoms with Crippen LogP contribution >= 0.6 is 11.6 Å². The van der Waals surface area contributed by atoms with Crippen LogP contribution in [0.25, 0.3) is 0 Å². The molecule has 0 saturated carbocycles. The number of aromatic amines is 1. The molecule has 1 rings (SSSR count). The molecule has 4 N–H and O–H groups in total. The van der Waals surface area contributed by atoms with Gasteiger partial charge in [0.1, 0.15) is 5.82 Å². The van der Waals surface area contributed by atoms with Gasteiger partial charge in [0.05, 0.1) is 11.7 Å². The first-order valence-electron chi connectivity index (χ1n) is 5.80. The predicted molar refractivity (Wildman–Crippen MR) is 67.7 cm³/mol. The van der Waals surface area contributed by atoms with Gasteiger partial charge >= 0.3 is 0 Å². The van der Waals surface area contributed by atoms with Gasteiger partial charge in [-0.25, -0.2) is 4.98 Å². The minimum atomic E-state index is -0.383. The zero-order chi connectivity index (χ0) is 12.8. The Kier molecular flexibility index (Phi) is 5.44. The molecule has 5 nitrogen and oxygen atoms in total. The predicted octanol–water partition coefficient (Wildman–Crippen LogP) is 1.37. The summed E-state index contributed by atoms with van der Waals surface area (Å²) in [5.74, 6) is 0.507. The second kappa shape index (κ2) is 6.61. The van der Waals surface area contributed by atoms with E-state index in [1.54, 1.807) is 6.92 Å². The molecule has 0 aliphatic heterocycles. The molecule has 0 saturated heterocycles. The number of imidazole rings is 1. The highest BCUT2D eigenvalue weighted by atomic mass is 35.5. The van der Waals surface area contributed by atoms with Crippen molar-refractivity contribution >= 4 is 17.5 Å². The Morgan fingerprint density at radius 3 is 2.94 bits per heavy atom. The second-order valence-electron chi connectivity index (χ2n) is 4.06. The van der Waals surface area contributed by atoms with Gasteiger partial charge in [0, 0.05) is 13.0 Å². The molecule has 17 heavy (non-hydrogen) atoms. The SMILES string of the molecule is CCCCc1nc(Cl)c(CNC(C)C(N)=O)[nH]1. The number of nitrogens with two attached hydrogens (primary N) is 1. The number of nitrogens with one attached hydrogen (secondary N) is 2. The maximum absolute atomic E-state index is 10.9. The van der Waals surface area contributed by atoms with E-state index in [1.807, 2.05) is 0 Å². The number of aryl methyl sites for hydroxylation is 1. The topological polar surface area (TPSA) is 83.8 Å². The molecule has 0 aliphatic carbocycles. The Morgan fingerprint density at radius 1 is 1.65 bits per heavy atom. The van der Waals surface area contributed by atoms with Crippen molar-refractivity contribution in [2.45, 2.75) is 45.7 Å². The third-order valence-electron chi connectivity index (χ3n) is 2.56. The van der Waals surface area contributed by atoms with Crippen molar-refractivity contribution in [3.63, 3.8) is 0 Å². The van der Waals surface area contributed by atoms with Crippen LogP contribution in [0.15, 0.2) is 0 Å². The zero-order valence-corrected chi connectivity index (χ0v) is 11.0. The van der Waals surface area contributed by atoms with Crippen LogP contribution in [0.3, 0.4) is 0 Å². The van der Waals surface area contributed by atoms with Crippen molar-refractivity contribution in [3.05, 3.63) is 16.7 Å². The summed E-state index contributed by atoms with van der Waals surface area (Å²) in [5.41, 5.74) is 5.95. The van der Waals surface area contributed by atoms with E-state index in [1.165, 1.54) is 0 Å². The van der Waals surface area contributed by atoms with Crippen LogP contribution in [0.1, 0.15) is 38.2 Å². The summed E-state index contributed by atoms with van der Waals surface area (Å²) >= 11 is 5.99. The molecular weight excluding hydrogens is 240 g/mol. The fraction of sp³-hybridized carbons (Fsp3) is 0.636. The summed E-state index contributed by atoms with van der Waals surface area (Å²) < 4.78 is 0. The fourth-order valence-corrected chi connectivity index (χ4v) is 1.59. The Labute approximate surface area is 106 Å². The van der Waals surface area contributed by atoms with Gasteiger partial charge in [0.25, 0.3) is 0 Å². The Morgan fingerprint density at radius 2 is 2.35 bits per heavy atom. The highest BCUT2D eigenvalue weighted by molar-refractivity contribution is 6.30. The van der Waals surface area contributed by atoms with Gasteiger partial charge in [-0.15, -0.1) is 0 Å². The number of primary amides is 1. The minimum absolute atomic E-state index is 0.381. The van der Waals surface area contributed by atoms with Crippen molar-refractivity contribution in [1.29, 1.82) is 0 Å². The first-order chi connectivity index (χ1) is 8.04. The van der Waals surface area contributed by atoms with Crippen molar-refractivity contribution in [1.82, 2.24) is 15.3 Å². The number of hydrogen-bond acceptors (Lipinski definition) is 3. The summed E-state index contributed by atoms with van der Waals surface area (Å²) in [6.45, 7) is 4.30. The maximum Gasteiger partial charge on any atom is 0.234 e. The summed E-state index contributed by atoms with van der Waals surface area (Å²) in [6.07, 6.45) is 3.08. The molecule has 1 heterocycles. The summed E-state index contributed by atoms with van der Waals surface area (Å²) in [4.78, 5) is 18.2. The highest BCUT2D eigenvalue weighted by Gasteiger charge is 2.11. The van der Waals surface area contributed by atoms with E-state index < -0.39 is 0 Å². The third kappa shape index (κ3) is 4.36. The lowest BCUT2D eigenvalue weighted by Gasteiger charge is -2.08. The van der Waals surface area contributed by atoms with E-state index >= 15 is 0 Å². The number of nitrogens with zero attached hydrogens (tertiary/aromatic N) is 1. The summed E-state index contributed by atoms with van der Waals surface area (Å²) in [7, 11) is 0. The van der Waals surface area contributed by atoms with Crippen LogP contribution in [-0.2, 0) is 17.8 Å². The monoisotopic (exact) mass is 258 g/mol. The maximum atomic E-state index is 10.9. The second-order valence-corrected chi connectivity index (χ2v) is 4.42. The third-order valence-corrected chi connectivity index (χ3v) is 2.87. The van der Waals surface area contributed by atoms with E-state index in [9.17, 15) is 4.79 Å². The summed E-state index contributed by atoms with van der Waals surface area (Å²) in [5, 5.41) is 3.44. The molecule has 1 amide bonds. The van der Waals surface area contributed by atoms with Crippen molar-refractivity contribution in [3.8, 4) is 0 Å². The molecule has 1 aromatic rings. The number of halogens is 1. The van der Waals surface area contributed by atoms with Gasteiger partial charge in [0.2, 0.25) is 5.91 Å². The Balaban J connectivity index is 2.53. The number of unbranched alkanes of at least 4 members (excludes halogenated alkanes) is 1. The number of amides is 1. The molecule has 0 spiro atoms. The number of H-pyrrole nitrogens is 1.